The maximum Gasteiger partial charge on any atom is 0.0927 e. The van der Waals surface area contributed by atoms with Crippen LogP contribution in [0.25, 0.3) is 0 Å². The number of hydrogen-bond donors (Lipinski definition) is 1. The fourth-order valence-electron chi connectivity index (χ4n) is 2.73. The SMILES string of the molecule is CC[C@@]1(O)c2ccccc2[C@H](C)[C@@H]1C. The van der Waals surface area contributed by atoms with E-state index in [-0.39, 0.29) is 0 Å². The van der Waals surface area contributed by atoms with Crippen LogP contribution in [0.3, 0.4) is 0 Å². The molecule has 1 N–H and O–H groups in total. The van der Waals surface area contributed by atoms with Crippen LogP contribution in [0, 0.1) is 5.92 Å². The van der Waals surface area contributed by atoms with Crippen LogP contribution in [-0.2, 0) is 5.60 Å². The lowest BCUT2D eigenvalue weighted by Crippen LogP contribution is -2.29. The maximum atomic E-state index is 10.6. The van der Waals surface area contributed by atoms with Gasteiger partial charge < -0.3 is 5.11 Å². The van der Waals surface area contributed by atoms with Gasteiger partial charge in [0, 0.05) is 0 Å². The molecule has 0 radical (unpaired) electrons. The molecule has 3 atom stereocenters. The lowest BCUT2D eigenvalue weighted by Gasteiger charge is -2.28. The zero-order valence-corrected chi connectivity index (χ0v) is 9.12. The van der Waals surface area contributed by atoms with Crippen molar-refractivity contribution in [1.82, 2.24) is 0 Å². The highest BCUT2D eigenvalue weighted by molar-refractivity contribution is 5.41. The van der Waals surface area contributed by atoms with Gasteiger partial charge in [0.2, 0.25) is 0 Å². The van der Waals surface area contributed by atoms with Crippen LogP contribution in [0.5, 0.6) is 0 Å². The molecule has 0 fully saturated rings. The second-order valence-electron chi connectivity index (χ2n) is 4.44. The molecule has 0 spiro atoms. The minimum Gasteiger partial charge on any atom is -0.385 e. The minimum atomic E-state index is -0.601. The quantitative estimate of drug-likeness (QED) is 0.721. The maximum absolute atomic E-state index is 10.6. The molecule has 0 aromatic heterocycles. The fourth-order valence-corrected chi connectivity index (χ4v) is 2.73. The Kier molecular flexibility index (Phi) is 2.15. The summed E-state index contributed by atoms with van der Waals surface area (Å²) in [7, 11) is 0. The zero-order valence-electron chi connectivity index (χ0n) is 9.12. The number of fused-ring (bicyclic) bond motifs is 1. The Morgan fingerprint density at radius 3 is 2.57 bits per heavy atom. The molecule has 0 bridgehead atoms. The van der Waals surface area contributed by atoms with Gasteiger partial charge in [-0.1, -0.05) is 45.0 Å². The number of benzene rings is 1. The second kappa shape index (κ2) is 3.09. The molecule has 1 aromatic carbocycles. The largest absolute Gasteiger partial charge is 0.385 e. The van der Waals surface area contributed by atoms with Gasteiger partial charge in [-0.2, -0.15) is 0 Å². The molecule has 1 aliphatic carbocycles. The number of rotatable bonds is 1. The van der Waals surface area contributed by atoms with Gasteiger partial charge in [-0.05, 0) is 29.4 Å². The zero-order chi connectivity index (χ0) is 10.3. The Balaban J connectivity index is 2.59. The van der Waals surface area contributed by atoms with Crippen LogP contribution in [-0.4, -0.2) is 5.11 Å². The first kappa shape index (κ1) is 9.72. The molecule has 0 saturated carbocycles. The number of hydrogen-bond acceptors (Lipinski definition) is 1. The molecule has 0 amide bonds. The Labute approximate surface area is 85.8 Å². The van der Waals surface area contributed by atoms with E-state index in [0.717, 1.165) is 12.0 Å². The monoisotopic (exact) mass is 190 g/mol. The Bertz CT molecular complexity index is 345. The first-order valence-corrected chi connectivity index (χ1v) is 5.43. The Morgan fingerprint density at radius 1 is 1.29 bits per heavy atom. The summed E-state index contributed by atoms with van der Waals surface area (Å²) >= 11 is 0. The molecule has 1 aromatic rings. The van der Waals surface area contributed by atoms with E-state index in [1.165, 1.54) is 5.56 Å². The van der Waals surface area contributed by atoms with Crippen molar-refractivity contribution in [2.75, 3.05) is 0 Å². The molecule has 14 heavy (non-hydrogen) atoms. The van der Waals surface area contributed by atoms with Crippen LogP contribution in [0.2, 0.25) is 0 Å². The molecule has 0 unspecified atom stereocenters. The minimum absolute atomic E-state index is 0.324. The van der Waals surface area contributed by atoms with Gasteiger partial charge in [-0.15, -0.1) is 0 Å². The summed E-state index contributed by atoms with van der Waals surface area (Å²) in [6.07, 6.45) is 0.801. The summed E-state index contributed by atoms with van der Waals surface area (Å²) in [5.74, 6) is 0.793. The predicted molar refractivity (Wildman–Crippen MR) is 58.2 cm³/mol. The summed E-state index contributed by atoms with van der Waals surface area (Å²) < 4.78 is 0. The van der Waals surface area contributed by atoms with Gasteiger partial charge in [-0.25, -0.2) is 0 Å². The van der Waals surface area contributed by atoms with Crippen LogP contribution >= 0.6 is 0 Å². The van der Waals surface area contributed by atoms with E-state index in [0.29, 0.717) is 11.8 Å². The first-order valence-electron chi connectivity index (χ1n) is 5.43. The van der Waals surface area contributed by atoms with Crippen molar-refractivity contribution in [1.29, 1.82) is 0 Å². The first-order chi connectivity index (χ1) is 6.61. The second-order valence-corrected chi connectivity index (χ2v) is 4.44. The smallest absolute Gasteiger partial charge is 0.0927 e. The van der Waals surface area contributed by atoms with E-state index in [2.05, 4.69) is 39.0 Å². The predicted octanol–water partition coefficient (Wildman–Crippen LogP) is 3.04. The van der Waals surface area contributed by atoms with E-state index in [4.69, 9.17) is 0 Å². The molecule has 1 aliphatic rings. The molecule has 0 aliphatic heterocycles. The van der Waals surface area contributed by atoms with E-state index in [1.807, 2.05) is 6.07 Å². The van der Waals surface area contributed by atoms with Crippen molar-refractivity contribution >= 4 is 0 Å². The van der Waals surface area contributed by atoms with Crippen LogP contribution in [0.4, 0.5) is 0 Å². The topological polar surface area (TPSA) is 20.2 Å². The molecular formula is C13H18O. The van der Waals surface area contributed by atoms with Gasteiger partial charge >= 0.3 is 0 Å². The summed E-state index contributed by atoms with van der Waals surface area (Å²) in [6.45, 7) is 6.41. The average Bonchev–Trinajstić information content (AvgIpc) is 2.43. The van der Waals surface area contributed by atoms with E-state index in [1.54, 1.807) is 0 Å². The van der Waals surface area contributed by atoms with Crippen molar-refractivity contribution in [2.24, 2.45) is 5.92 Å². The average molecular weight is 190 g/mol. The van der Waals surface area contributed by atoms with Gasteiger partial charge in [0.25, 0.3) is 0 Å². The third kappa shape index (κ3) is 1.05. The van der Waals surface area contributed by atoms with Crippen molar-refractivity contribution in [2.45, 2.75) is 38.7 Å². The third-order valence-electron chi connectivity index (χ3n) is 3.96. The van der Waals surface area contributed by atoms with Crippen molar-refractivity contribution in [3.05, 3.63) is 35.4 Å². The molecule has 1 nitrogen and oxygen atoms in total. The van der Waals surface area contributed by atoms with Crippen molar-refractivity contribution in [3.63, 3.8) is 0 Å². The van der Waals surface area contributed by atoms with Gasteiger partial charge in [-0.3, -0.25) is 0 Å². The van der Waals surface area contributed by atoms with E-state index >= 15 is 0 Å². The highest BCUT2D eigenvalue weighted by Gasteiger charge is 2.45. The summed E-state index contributed by atoms with van der Waals surface area (Å²) in [4.78, 5) is 0. The lowest BCUT2D eigenvalue weighted by atomic mass is 9.83. The van der Waals surface area contributed by atoms with Crippen LogP contribution < -0.4 is 0 Å². The molecule has 2 rings (SSSR count). The highest BCUT2D eigenvalue weighted by Crippen LogP contribution is 2.50. The number of aliphatic hydroxyl groups is 1. The molecule has 0 saturated heterocycles. The van der Waals surface area contributed by atoms with Gasteiger partial charge in [0.1, 0.15) is 0 Å². The van der Waals surface area contributed by atoms with Crippen molar-refractivity contribution < 1.29 is 5.11 Å². The Hall–Kier alpha value is -0.820. The molecule has 0 heterocycles. The third-order valence-corrected chi connectivity index (χ3v) is 3.96. The lowest BCUT2D eigenvalue weighted by molar-refractivity contribution is -0.0144. The molecular weight excluding hydrogens is 172 g/mol. The Morgan fingerprint density at radius 2 is 1.93 bits per heavy atom. The normalized spacial score (nSPS) is 35.7. The highest BCUT2D eigenvalue weighted by atomic mass is 16.3. The summed E-state index contributed by atoms with van der Waals surface area (Å²) in [6, 6.07) is 8.29. The standard InChI is InChI=1S/C13H18O/c1-4-13(14)10(3)9(2)11-7-5-6-8-12(11)13/h5-10,14H,4H2,1-3H3/t9-,10+,13+/m1/s1. The van der Waals surface area contributed by atoms with E-state index < -0.39 is 5.60 Å². The van der Waals surface area contributed by atoms with Crippen LogP contribution in [0.15, 0.2) is 24.3 Å². The van der Waals surface area contributed by atoms with Gasteiger partial charge in [0.05, 0.1) is 5.60 Å². The van der Waals surface area contributed by atoms with Crippen molar-refractivity contribution in [3.8, 4) is 0 Å². The summed E-state index contributed by atoms with van der Waals surface area (Å²) in [5.41, 5.74) is 1.86. The molecule has 1 heteroatoms. The summed E-state index contributed by atoms with van der Waals surface area (Å²) in [5, 5.41) is 10.6. The fraction of sp³-hybridized carbons (Fsp3) is 0.538. The molecule has 76 valence electrons. The van der Waals surface area contributed by atoms with Gasteiger partial charge in [0.15, 0.2) is 0 Å². The van der Waals surface area contributed by atoms with Crippen LogP contribution in [0.1, 0.15) is 44.2 Å². The van der Waals surface area contributed by atoms with E-state index in [9.17, 15) is 5.11 Å².